The van der Waals surface area contributed by atoms with E-state index in [0.29, 0.717) is 18.1 Å². The first-order valence-electron chi connectivity index (χ1n) is 8.69. The summed E-state index contributed by atoms with van der Waals surface area (Å²) in [6.07, 6.45) is 11.1. The van der Waals surface area contributed by atoms with Crippen LogP contribution in [0.3, 0.4) is 0 Å². The molecule has 0 aromatic rings. The van der Waals surface area contributed by atoms with Gasteiger partial charge in [0.05, 0.1) is 6.10 Å². The van der Waals surface area contributed by atoms with E-state index in [-0.39, 0.29) is 11.0 Å². The number of hydrogen-bond acceptors (Lipinski definition) is 3. The molecule has 1 aliphatic heterocycles. The molecule has 0 bridgehead atoms. The van der Waals surface area contributed by atoms with E-state index in [1.54, 1.807) is 0 Å². The molecule has 20 heavy (non-hydrogen) atoms. The van der Waals surface area contributed by atoms with Crippen LogP contribution in [0.15, 0.2) is 0 Å². The molecular formula is C17H32N2O. The van der Waals surface area contributed by atoms with Gasteiger partial charge in [0.15, 0.2) is 0 Å². The number of ether oxygens (including phenoxy) is 1. The summed E-state index contributed by atoms with van der Waals surface area (Å²) in [5, 5.41) is 3.81. The van der Waals surface area contributed by atoms with Gasteiger partial charge in [0.2, 0.25) is 0 Å². The van der Waals surface area contributed by atoms with Gasteiger partial charge < -0.3 is 15.8 Å². The molecule has 0 aromatic heterocycles. The summed E-state index contributed by atoms with van der Waals surface area (Å²) in [6, 6.07) is 0.692. The highest BCUT2D eigenvalue weighted by atomic mass is 16.5. The largest absolute Gasteiger partial charge is 0.377 e. The molecule has 3 unspecified atom stereocenters. The molecule has 0 spiro atoms. The van der Waals surface area contributed by atoms with E-state index >= 15 is 0 Å². The number of fused-ring (bicyclic) bond motifs is 1. The summed E-state index contributed by atoms with van der Waals surface area (Å²) < 4.78 is 5.99. The molecule has 3 N–H and O–H groups in total. The molecule has 3 atom stereocenters. The van der Waals surface area contributed by atoms with Crippen LogP contribution in [-0.4, -0.2) is 30.8 Å². The fourth-order valence-electron chi connectivity index (χ4n) is 4.82. The summed E-state index contributed by atoms with van der Waals surface area (Å²) >= 11 is 0. The van der Waals surface area contributed by atoms with Crippen LogP contribution in [0.2, 0.25) is 0 Å². The number of rotatable bonds is 3. The van der Waals surface area contributed by atoms with Gasteiger partial charge in [0, 0.05) is 36.1 Å². The van der Waals surface area contributed by atoms with E-state index in [4.69, 9.17) is 10.5 Å². The van der Waals surface area contributed by atoms with Gasteiger partial charge in [-0.1, -0.05) is 39.5 Å². The minimum absolute atomic E-state index is 0.0790. The van der Waals surface area contributed by atoms with Crippen molar-refractivity contribution in [2.75, 3.05) is 13.2 Å². The average molecular weight is 280 g/mol. The lowest BCUT2D eigenvalue weighted by Crippen LogP contribution is -2.80. The Hall–Kier alpha value is -0.120. The highest BCUT2D eigenvalue weighted by Crippen LogP contribution is 2.57. The molecule has 3 aliphatic rings. The Morgan fingerprint density at radius 1 is 1.05 bits per heavy atom. The second-order valence-electron chi connectivity index (χ2n) is 7.87. The molecule has 0 aromatic carbocycles. The normalized spacial score (nSPS) is 41.5. The Bertz CT molecular complexity index is 336. The Morgan fingerprint density at radius 3 is 2.45 bits per heavy atom. The molecule has 3 nitrogen and oxygen atoms in total. The van der Waals surface area contributed by atoms with E-state index in [9.17, 15) is 0 Å². The molecule has 3 fully saturated rings. The Labute approximate surface area is 124 Å². The van der Waals surface area contributed by atoms with Crippen molar-refractivity contribution in [2.24, 2.45) is 17.1 Å². The summed E-state index contributed by atoms with van der Waals surface area (Å²) in [6.45, 7) is 6.49. The van der Waals surface area contributed by atoms with Crippen LogP contribution in [0.25, 0.3) is 0 Å². The number of nitrogens with two attached hydrogens (primary N) is 1. The molecule has 1 heterocycles. The molecular weight excluding hydrogens is 248 g/mol. The number of nitrogens with one attached hydrogen (secondary N) is 1. The van der Waals surface area contributed by atoms with Gasteiger partial charge in [0.25, 0.3) is 0 Å². The fraction of sp³-hybridized carbons (Fsp3) is 1.00. The van der Waals surface area contributed by atoms with Gasteiger partial charge in [0.1, 0.15) is 0 Å². The van der Waals surface area contributed by atoms with E-state index < -0.39 is 0 Å². The van der Waals surface area contributed by atoms with Gasteiger partial charge in [-0.3, -0.25) is 0 Å². The molecule has 3 rings (SSSR count). The van der Waals surface area contributed by atoms with Crippen molar-refractivity contribution < 1.29 is 4.74 Å². The van der Waals surface area contributed by atoms with Gasteiger partial charge in [-0.05, 0) is 25.7 Å². The molecule has 0 amide bonds. The first-order chi connectivity index (χ1) is 9.56. The minimum Gasteiger partial charge on any atom is -0.377 e. The van der Waals surface area contributed by atoms with Crippen LogP contribution in [0.5, 0.6) is 0 Å². The van der Waals surface area contributed by atoms with E-state index in [1.165, 1.54) is 51.4 Å². The van der Waals surface area contributed by atoms with Crippen molar-refractivity contribution in [3.63, 3.8) is 0 Å². The maximum atomic E-state index is 6.85. The fourth-order valence-corrected chi connectivity index (χ4v) is 4.82. The van der Waals surface area contributed by atoms with Gasteiger partial charge in [-0.25, -0.2) is 0 Å². The molecule has 3 heteroatoms. The summed E-state index contributed by atoms with van der Waals surface area (Å²) in [4.78, 5) is 0. The molecule has 0 radical (unpaired) electrons. The summed E-state index contributed by atoms with van der Waals surface area (Å²) in [5.74, 6) is 0.560. The lowest BCUT2D eigenvalue weighted by Gasteiger charge is -2.67. The van der Waals surface area contributed by atoms with E-state index in [1.807, 2.05) is 0 Å². The lowest BCUT2D eigenvalue weighted by molar-refractivity contribution is -0.226. The van der Waals surface area contributed by atoms with Gasteiger partial charge in [-0.2, -0.15) is 0 Å². The Morgan fingerprint density at radius 2 is 1.75 bits per heavy atom. The van der Waals surface area contributed by atoms with Crippen molar-refractivity contribution in [1.29, 1.82) is 0 Å². The summed E-state index contributed by atoms with van der Waals surface area (Å²) in [7, 11) is 0. The predicted octanol–water partition coefficient (Wildman–Crippen LogP) is 2.83. The van der Waals surface area contributed by atoms with Crippen molar-refractivity contribution in [3.8, 4) is 0 Å². The predicted molar refractivity (Wildman–Crippen MR) is 82.7 cm³/mol. The van der Waals surface area contributed by atoms with Crippen molar-refractivity contribution in [2.45, 2.75) is 82.9 Å². The van der Waals surface area contributed by atoms with Crippen LogP contribution in [0.4, 0.5) is 0 Å². The highest BCUT2D eigenvalue weighted by Gasteiger charge is 2.66. The van der Waals surface area contributed by atoms with Crippen molar-refractivity contribution in [3.05, 3.63) is 0 Å². The molecule has 1 saturated heterocycles. The van der Waals surface area contributed by atoms with E-state index in [2.05, 4.69) is 19.2 Å². The lowest BCUT2D eigenvalue weighted by atomic mass is 9.46. The van der Waals surface area contributed by atoms with E-state index in [0.717, 1.165) is 13.2 Å². The third kappa shape index (κ3) is 2.32. The topological polar surface area (TPSA) is 47.3 Å². The SMILES string of the molecule is CC1(C)C2OCCCC2C1(N)CNC1CCCCCC1. The summed E-state index contributed by atoms with van der Waals surface area (Å²) in [5.41, 5.74) is 6.88. The zero-order valence-corrected chi connectivity index (χ0v) is 13.3. The standard InChI is InChI=1S/C17H32N2O/c1-16(2)15-14(10-7-11-20-15)17(16,18)12-19-13-8-5-3-4-6-9-13/h13-15,19H,3-12,18H2,1-2H3. The van der Waals surface area contributed by atoms with Crippen LogP contribution < -0.4 is 11.1 Å². The van der Waals surface area contributed by atoms with Crippen LogP contribution in [0.1, 0.15) is 65.2 Å². The second kappa shape index (κ2) is 5.58. The first kappa shape index (κ1) is 14.8. The molecule has 2 saturated carbocycles. The van der Waals surface area contributed by atoms with Crippen LogP contribution >= 0.6 is 0 Å². The Kier molecular flexibility index (Phi) is 4.13. The quantitative estimate of drug-likeness (QED) is 0.782. The minimum atomic E-state index is -0.0790. The molecule has 116 valence electrons. The van der Waals surface area contributed by atoms with Gasteiger partial charge >= 0.3 is 0 Å². The average Bonchev–Trinajstić information content (AvgIpc) is 2.73. The zero-order chi connectivity index (χ0) is 14.2. The maximum Gasteiger partial charge on any atom is 0.0690 e. The van der Waals surface area contributed by atoms with Crippen molar-refractivity contribution >= 4 is 0 Å². The smallest absolute Gasteiger partial charge is 0.0690 e. The third-order valence-electron chi connectivity index (χ3n) is 6.43. The van der Waals surface area contributed by atoms with Crippen LogP contribution in [0, 0.1) is 11.3 Å². The van der Waals surface area contributed by atoms with Crippen molar-refractivity contribution in [1.82, 2.24) is 5.32 Å². The third-order valence-corrected chi connectivity index (χ3v) is 6.43. The first-order valence-corrected chi connectivity index (χ1v) is 8.69. The van der Waals surface area contributed by atoms with Crippen LogP contribution in [-0.2, 0) is 4.74 Å². The second-order valence-corrected chi connectivity index (χ2v) is 7.87. The monoisotopic (exact) mass is 280 g/mol. The maximum absolute atomic E-state index is 6.85. The molecule has 2 aliphatic carbocycles. The number of hydrogen-bond donors (Lipinski definition) is 2. The zero-order valence-electron chi connectivity index (χ0n) is 13.3. The highest BCUT2D eigenvalue weighted by molar-refractivity contribution is 5.20. The van der Waals surface area contributed by atoms with Gasteiger partial charge in [-0.15, -0.1) is 0 Å². The Balaban J connectivity index is 1.60.